The van der Waals surface area contributed by atoms with Gasteiger partial charge >= 0.3 is 12.0 Å². The molecule has 0 saturated heterocycles. The van der Waals surface area contributed by atoms with Crippen molar-refractivity contribution < 1.29 is 23.9 Å². The normalized spacial score (nSPS) is 10.1. The Bertz CT molecular complexity index is 964. The zero-order valence-electron chi connectivity index (χ0n) is 17.4. The standard InChI is InChI=1S/C22H25N3O5/c1-13-7-14(2)9-17(8-13)21(28)23-11-20(27)30-12-19(26)25-22(29)24-18-6-5-15(3)16(4)10-18/h5-10H,11-12H2,1-4H3,(H,23,28)(H2,24,25,26,29). The molecular formula is C22H25N3O5. The Balaban J connectivity index is 1.73. The quantitative estimate of drug-likeness (QED) is 0.632. The lowest BCUT2D eigenvalue weighted by Gasteiger charge is -2.09. The first-order chi connectivity index (χ1) is 14.1. The van der Waals surface area contributed by atoms with E-state index in [1.165, 1.54) is 0 Å². The number of imide groups is 1. The molecule has 0 atom stereocenters. The Morgan fingerprint density at radius 3 is 2.17 bits per heavy atom. The van der Waals surface area contributed by atoms with Gasteiger partial charge in [0, 0.05) is 11.3 Å². The first kappa shape index (κ1) is 22.6. The van der Waals surface area contributed by atoms with Gasteiger partial charge in [0.25, 0.3) is 11.8 Å². The predicted octanol–water partition coefficient (Wildman–Crippen LogP) is 2.54. The monoisotopic (exact) mass is 411 g/mol. The van der Waals surface area contributed by atoms with Gasteiger partial charge < -0.3 is 15.4 Å². The molecule has 8 heteroatoms. The minimum Gasteiger partial charge on any atom is -0.454 e. The summed E-state index contributed by atoms with van der Waals surface area (Å²) in [6, 6.07) is 9.94. The molecule has 0 radical (unpaired) electrons. The van der Waals surface area contributed by atoms with Crippen LogP contribution in [0, 0.1) is 27.7 Å². The maximum absolute atomic E-state index is 12.1. The summed E-state index contributed by atoms with van der Waals surface area (Å²) in [6.45, 7) is 6.55. The summed E-state index contributed by atoms with van der Waals surface area (Å²) in [5, 5.41) is 7.03. The highest BCUT2D eigenvalue weighted by Gasteiger charge is 2.13. The molecule has 0 aliphatic carbocycles. The number of anilines is 1. The van der Waals surface area contributed by atoms with E-state index in [0.717, 1.165) is 22.3 Å². The average molecular weight is 411 g/mol. The van der Waals surface area contributed by atoms with E-state index in [1.807, 2.05) is 39.8 Å². The Labute approximate surface area is 175 Å². The van der Waals surface area contributed by atoms with Crippen LogP contribution < -0.4 is 16.0 Å². The Morgan fingerprint density at radius 2 is 1.53 bits per heavy atom. The minimum absolute atomic E-state index is 0.395. The maximum atomic E-state index is 12.1. The van der Waals surface area contributed by atoms with Crippen molar-refractivity contribution >= 4 is 29.5 Å². The van der Waals surface area contributed by atoms with E-state index in [4.69, 9.17) is 4.74 Å². The van der Waals surface area contributed by atoms with Crippen LogP contribution in [0.2, 0.25) is 0 Å². The lowest BCUT2D eigenvalue weighted by atomic mass is 10.1. The van der Waals surface area contributed by atoms with Crippen LogP contribution in [-0.4, -0.2) is 37.0 Å². The molecule has 2 aromatic carbocycles. The van der Waals surface area contributed by atoms with Crippen molar-refractivity contribution in [1.29, 1.82) is 0 Å². The molecule has 0 unspecified atom stereocenters. The molecule has 30 heavy (non-hydrogen) atoms. The number of benzene rings is 2. The average Bonchev–Trinajstić information content (AvgIpc) is 2.66. The number of nitrogens with one attached hydrogen (secondary N) is 3. The first-order valence-corrected chi connectivity index (χ1v) is 9.34. The molecule has 2 rings (SSSR count). The van der Waals surface area contributed by atoms with Crippen molar-refractivity contribution in [3.8, 4) is 0 Å². The molecule has 0 saturated carbocycles. The highest BCUT2D eigenvalue weighted by molar-refractivity contribution is 6.02. The molecule has 0 fully saturated rings. The summed E-state index contributed by atoms with van der Waals surface area (Å²) < 4.78 is 4.78. The number of hydrogen-bond acceptors (Lipinski definition) is 5. The molecule has 0 spiro atoms. The van der Waals surface area contributed by atoms with Crippen LogP contribution in [0.5, 0.6) is 0 Å². The van der Waals surface area contributed by atoms with Crippen molar-refractivity contribution in [2.24, 2.45) is 0 Å². The lowest BCUT2D eigenvalue weighted by molar-refractivity contribution is -0.147. The van der Waals surface area contributed by atoms with E-state index in [1.54, 1.807) is 24.3 Å². The fraction of sp³-hybridized carbons (Fsp3) is 0.273. The van der Waals surface area contributed by atoms with Crippen LogP contribution in [0.4, 0.5) is 10.5 Å². The fourth-order valence-electron chi connectivity index (χ4n) is 2.70. The highest BCUT2D eigenvalue weighted by Crippen LogP contribution is 2.13. The lowest BCUT2D eigenvalue weighted by Crippen LogP contribution is -2.38. The van der Waals surface area contributed by atoms with Crippen LogP contribution in [0.3, 0.4) is 0 Å². The van der Waals surface area contributed by atoms with Crippen molar-refractivity contribution in [2.45, 2.75) is 27.7 Å². The topological polar surface area (TPSA) is 114 Å². The number of amides is 4. The molecule has 0 heterocycles. The third-order valence-electron chi connectivity index (χ3n) is 4.26. The number of esters is 1. The van der Waals surface area contributed by atoms with Gasteiger partial charge in [-0.15, -0.1) is 0 Å². The zero-order chi connectivity index (χ0) is 22.3. The van der Waals surface area contributed by atoms with E-state index in [9.17, 15) is 19.2 Å². The SMILES string of the molecule is Cc1cc(C)cc(C(=O)NCC(=O)OCC(=O)NC(=O)Nc2ccc(C)c(C)c2)c1. The van der Waals surface area contributed by atoms with E-state index in [2.05, 4.69) is 16.0 Å². The van der Waals surface area contributed by atoms with Gasteiger partial charge in [-0.25, -0.2) is 4.79 Å². The first-order valence-electron chi connectivity index (χ1n) is 9.34. The Morgan fingerprint density at radius 1 is 0.867 bits per heavy atom. The van der Waals surface area contributed by atoms with Gasteiger partial charge in [-0.1, -0.05) is 23.3 Å². The number of urea groups is 1. The van der Waals surface area contributed by atoms with Gasteiger partial charge in [0.2, 0.25) is 0 Å². The molecule has 0 bridgehead atoms. The van der Waals surface area contributed by atoms with Gasteiger partial charge in [-0.3, -0.25) is 19.7 Å². The molecule has 4 amide bonds. The van der Waals surface area contributed by atoms with E-state index >= 15 is 0 Å². The summed E-state index contributed by atoms with van der Waals surface area (Å²) >= 11 is 0. The van der Waals surface area contributed by atoms with Crippen LogP contribution in [0.15, 0.2) is 36.4 Å². The second kappa shape index (κ2) is 10.2. The fourth-order valence-corrected chi connectivity index (χ4v) is 2.70. The van der Waals surface area contributed by atoms with Crippen molar-refractivity contribution in [1.82, 2.24) is 10.6 Å². The van der Waals surface area contributed by atoms with Gasteiger partial charge in [0.1, 0.15) is 6.54 Å². The van der Waals surface area contributed by atoms with E-state index in [0.29, 0.717) is 11.3 Å². The number of rotatable bonds is 6. The number of carbonyl (C=O) groups excluding carboxylic acids is 4. The number of aryl methyl sites for hydroxylation is 4. The molecule has 0 aromatic heterocycles. The number of ether oxygens (including phenoxy) is 1. The summed E-state index contributed by atoms with van der Waals surface area (Å²) in [6.07, 6.45) is 0. The van der Waals surface area contributed by atoms with Crippen molar-refractivity contribution in [3.05, 3.63) is 64.2 Å². The van der Waals surface area contributed by atoms with Gasteiger partial charge in [-0.2, -0.15) is 0 Å². The van der Waals surface area contributed by atoms with Gasteiger partial charge in [0.15, 0.2) is 6.61 Å². The highest BCUT2D eigenvalue weighted by atomic mass is 16.5. The van der Waals surface area contributed by atoms with E-state index in [-0.39, 0.29) is 0 Å². The largest absolute Gasteiger partial charge is 0.454 e. The summed E-state index contributed by atoms with van der Waals surface area (Å²) in [5.74, 6) is -2.00. The summed E-state index contributed by atoms with van der Waals surface area (Å²) in [7, 11) is 0. The van der Waals surface area contributed by atoms with Gasteiger partial charge in [0.05, 0.1) is 0 Å². The molecule has 2 aromatic rings. The number of carbonyl (C=O) groups is 4. The molecule has 3 N–H and O–H groups in total. The molecular weight excluding hydrogens is 386 g/mol. The van der Waals surface area contributed by atoms with Crippen LogP contribution in [0.25, 0.3) is 0 Å². The van der Waals surface area contributed by atoms with Crippen LogP contribution >= 0.6 is 0 Å². The second-order valence-electron chi connectivity index (χ2n) is 7.02. The van der Waals surface area contributed by atoms with Gasteiger partial charge in [-0.05, 0) is 63.1 Å². The minimum atomic E-state index is -0.794. The smallest absolute Gasteiger partial charge is 0.325 e. The molecule has 8 nitrogen and oxygen atoms in total. The summed E-state index contributed by atoms with van der Waals surface area (Å²) in [5.41, 5.74) is 4.90. The third kappa shape index (κ3) is 7.05. The molecule has 0 aliphatic heterocycles. The van der Waals surface area contributed by atoms with Crippen molar-refractivity contribution in [3.63, 3.8) is 0 Å². The van der Waals surface area contributed by atoms with Crippen LogP contribution in [0.1, 0.15) is 32.6 Å². The third-order valence-corrected chi connectivity index (χ3v) is 4.26. The zero-order valence-corrected chi connectivity index (χ0v) is 17.4. The Hall–Kier alpha value is -3.68. The maximum Gasteiger partial charge on any atom is 0.325 e. The van der Waals surface area contributed by atoms with Crippen molar-refractivity contribution in [2.75, 3.05) is 18.5 Å². The summed E-state index contributed by atoms with van der Waals surface area (Å²) in [4.78, 5) is 47.5. The van der Waals surface area contributed by atoms with E-state index < -0.39 is 37.0 Å². The second-order valence-corrected chi connectivity index (χ2v) is 7.02. The van der Waals surface area contributed by atoms with Crippen LogP contribution in [-0.2, 0) is 14.3 Å². The number of hydrogen-bond donors (Lipinski definition) is 3. The predicted molar refractivity (Wildman–Crippen MR) is 112 cm³/mol. The Kier molecular flexibility index (Phi) is 7.69. The molecule has 158 valence electrons. The molecule has 0 aliphatic rings.